The Labute approximate surface area is 165 Å². The van der Waals surface area contributed by atoms with Gasteiger partial charge in [0.2, 0.25) is 0 Å². The first-order valence-corrected chi connectivity index (χ1v) is 9.26. The maximum Gasteiger partial charge on any atom is 0.160 e. The molecule has 2 aromatic rings. The lowest BCUT2D eigenvalue weighted by atomic mass is 10.1. The van der Waals surface area contributed by atoms with Gasteiger partial charge in [-0.2, -0.15) is 0 Å². The average Bonchev–Trinajstić information content (AvgIpc) is 2.61. The predicted molar refractivity (Wildman–Crippen MR) is 107 cm³/mol. The minimum absolute atomic E-state index is 0.0236. The van der Waals surface area contributed by atoms with Crippen LogP contribution in [0.25, 0.3) is 0 Å². The zero-order chi connectivity index (χ0) is 19.1. The topological polar surface area (TPSA) is 39.7 Å². The summed E-state index contributed by atoms with van der Waals surface area (Å²) in [7, 11) is 3.27. The molecule has 0 heterocycles. The van der Waals surface area contributed by atoms with Crippen LogP contribution in [0.1, 0.15) is 25.0 Å². The highest BCUT2D eigenvalue weighted by Crippen LogP contribution is 2.35. The van der Waals surface area contributed by atoms with E-state index in [9.17, 15) is 0 Å². The van der Waals surface area contributed by atoms with E-state index >= 15 is 0 Å². The van der Waals surface area contributed by atoms with Crippen LogP contribution in [0.2, 0.25) is 10.0 Å². The molecule has 0 amide bonds. The number of halogens is 2. The Morgan fingerprint density at radius 1 is 0.923 bits per heavy atom. The van der Waals surface area contributed by atoms with Gasteiger partial charge in [-0.05, 0) is 62.2 Å². The Balaban J connectivity index is 1.90. The summed E-state index contributed by atoms with van der Waals surface area (Å²) in [6.07, 6.45) is 0.895. The second-order valence-electron chi connectivity index (χ2n) is 6.17. The molecule has 2 rings (SSSR count). The van der Waals surface area contributed by atoms with Crippen LogP contribution in [0, 0.1) is 0 Å². The fraction of sp³-hybridized carbons (Fsp3) is 0.400. The molecule has 0 bridgehead atoms. The Morgan fingerprint density at radius 2 is 1.58 bits per heavy atom. The number of benzene rings is 2. The third kappa shape index (κ3) is 5.70. The number of rotatable bonds is 9. The molecular formula is C20H25Cl2NO3. The molecule has 0 aromatic heterocycles. The minimum atomic E-state index is 0.0236. The first-order valence-electron chi connectivity index (χ1n) is 8.50. The van der Waals surface area contributed by atoms with E-state index in [0.717, 1.165) is 30.0 Å². The second-order valence-corrected chi connectivity index (χ2v) is 6.99. The summed E-state index contributed by atoms with van der Waals surface area (Å²) < 4.78 is 16.2. The number of ether oxygens (including phenoxy) is 3. The number of methoxy groups -OCH3 is 2. The third-order valence-electron chi connectivity index (χ3n) is 3.78. The van der Waals surface area contributed by atoms with Crippen molar-refractivity contribution in [3.63, 3.8) is 0 Å². The fourth-order valence-electron chi connectivity index (χ4n) is 2.56. The van der Waals surface area contributed by atoms with Crippen LogP contribution in [0.4, 0.5) is 0 Å². The highest BCUT2D eigenvalue weighted by atomic mass is 35.5. The van der Waals surface area contributed by atoms with Gasteiger partial charge in [-0.25, -0.2) is 0 Å². The van der Waals surface area contributed by atoms with E-state index < -0.39 is 0 Å². The van der Waals surface area contributed by atoms with E-state index in [4.69, 9.17) is 37.4 Å². The molecule has 6 heteroatoms. The number of hydrogen-bond acceptors (Lipinski definition) is 4. The van der Waals surface area contributed by atoms with Crippen LogP contribution in [0.5, 0.6) is 17.2 Å². The minimum Gasteiger partial charge on any atom is -0.493 e. The quantitative estimate of drug-likeness (QED) is 0.595. The summed E-state index contributed by atoms with van der Waals surface area (Å²) in [5.74, 6) is 2.01. The zero-order valence-electron chi connectivity index (χ0n) is 15.6. The Morgan fingerprint density at radius 3 is 2.15 bits per heavy atom. The highest BCUT2D eigenvalue weighted by molar-refractivity contribution is 6.37. The molecule has 0 radical (unpaired) electrons. The lowest BCUT2D eigenvalue weighted by Gasteiger charge is -2.14. The van der Waals surface area contributed by atoms with Crippen molar-refractivity contribution >= 4 is 23.2 Å². The predicted octanol–water partition coefficient (Wildman–Crippen LogP) is 5.13. The van der Waals surface area contributed by atoms with Crippen molar-refractivity contribution in [1.29, 1.82) is 0 Å². The maximum atomic E-state index is 6.29. The molecular weight excluding hydrogens is 373 g/mol. The van der Waals surface area contributed by atoms with Crippen LogP contribution in [0.15, 0.2) is 30.3 Å². The van der Waals surface area contributed by atoms with Crippen molar-refractivity contribution in [2.24, 2.45) is 0 Å². The van der Waals surface area contributed by atoms with Crippen LogP contribution >= 0.6 is 23.2 Å². The van der Waals surface area contributed by atoms with Gasteiger partial charge in [0.25, 0.3) is 0 Å². The van der Waals surface area contributed by atoms with Gasteiger partial charge >= 0.3 is 0 Å². The molecule has 0 spiro atoms. The largest absolute Gasteiger partial charge is 0.493 e. The van der Waals surface area contributed by atoms with Crippen LogP contribution in [-0.4, -0.2) is 26.9 Å². The lowest BCUT2D eigenvalue weighted by molar-refractivity contribution is 0.242. The average molecular weight is 398 g/mol. The Kier molecular flexibility index (Phi) is 7.88. The number of nitrogens with one attached hydrogen (secondary N) is 1. The van der Waals surface area contributed by atoms with E-state index in [1.54, 1.807) is 14.2 Å². The summed E-state index contributed by atoms with van der Waals surface area (Å²) in [6.45, 7) is 5.37. The molecule has 0 saturated heterocycles. The molecule has 142 valence electrons. The van der Waals surface area contributed by atoms with E-state index in [-0.39, 0.29) is 6.10 Å². The van der Waals surface area contributed by atoms with Crippen molar-refractivity contribution in [3.05, 3.63) is 51.5 Å². The SMILES string of the molecule is COc1ccc(CCNCc2cc(Cl)c(OC(C)C)c(Cl)c2)cc1OC. The zero-order valence-corrected chi connectivity index (χ0v) is 17.1. The van der Waals surface area contributed by atoms with Gasteiger partial charge in [-0.15, -0.1) is 0 Å². The van der Waals surface area contributed by atoms with Crippen LogP contribution in [0.3, 0.4) is 0 Å². The summed E-state index contributed by atoms with van der Waals surface area (Å²) in [4.78, 5) is 0. The Hall–Kier alpha value is -1.62. The molecule has 0 aliphatic rings. The van der Waals surface area contributed by atoms with Gasteiger partial charge in [-0.1, -0.05) is 29.3 Å². The van der Waals surface area contributed by atoms with Gasteiger partial charge in [0.15, 0.2) is 17.2 Å². The third-order valence-corrected chi connectivity index (χ3v) is 4.34. The van der Waals surface area contributed by atoms with Crippen LogP contribution < -0.4 is 19.5 Å². The molecule has 0 aliphatic carbocycles. The van der Waals surface area contributed by atoms with Crippen molar-refractivity contribution in [2.45, 2.75) is 32.9 Å². The summed E-state index contributed by atoms with van der Waals surface area (Å²) in [5.41, 5.74) is 2.19. The normalized spacial score (nSPS) is 10.9. The summed E-state index contributed by atoms with van der Waals surface area (Å²) >= 11 is 12.6. The molecule has 0 saturated carbocycles. The molecule has 2 aromatic carbocycles. The first-order chi connectivity index (χ1) is 12.4. The molecule has 1 N–H and O–H groups in total. The molecule has 4 nitrogen and oxygen atoms in total. The molecule has 0 aliphatic heterocycles. The summed E-state index contributed by atoms with van der Waals surface area (Å²) in [6, 6.07) is 9.71. The van der Waals surface area contributed by atoms with Crippen molar-refractivity contribution in [1.82, 2.24) is 5.32 Å². The highest BCUT2D eigenvalue weighted by Gasteiger charge is 2.11. The van der Waals surface area contributed by atoms with Crippen LogP contribution in [-0.2, 0) is 13.0 Å². The fourth-order valence-corrected chi connectivity index (χ4v) is 3.19. The smallest absolute Gasteiger partial charge is 0.160 e. The van der Waals surface area contributed by atoms with E-state index in [1.807, 2.05) is 44.2 Å². The van der Waals surface area contributed by atoms with Gasteiger partial charge in [-0.3, -0.25) is 0 Å². The van der Waals surface area contributed by atoms with Crippen molar-refractivity contribution in [3.8, 4) is 17.2 Å². The summed E-state index contributed by atoms with van der Waals surface area (Å²) in [5, 5.41) is 4.46. The number of hydrogen-bond donors (Lipinski definition) is 1. The molecule has 0 atom stereocenters. The van der Waals surface area contributed by atoms with Gasteiger partial charge in [0, 0.05) is 6.54 Å². The van der Waals surface area contributed by atoms with E-state index in [1.165, 1.54) is 5.56 Å². The molecule has 0 unspecified atom stereocenters. The molecule has 26 heavy (non-hydrogen) atoms. The van der Waals surface area contributed by atoms with Gasteiger partial charge < -0.3 is 19.5 Å². The van der Waals surface area contributed by atoms with Gasteiger partial charge in [0.1, 0.15) is 0 Å². The monoisotopic (exact) mass is 397 g/mol. The first kappa shape index (κ1) is 20.7. The van der Waals surface area contributed by atoms with Crippen molar-refractivity contribution < 1.29 is 14.2 Å². The standard InChI is InChI=1S/C20H25Cl2NO3/c1-13(2)26-20-16(21)9-15(10-17(20)22)12-23-8-7-14-5-6-18(24-3)19(11-14)25-4/h5-6,9-11,13,23H,7-8,12H2,1-4H3. The second kappa shape index (κ2) is 9.91. The lowest BCUT2D eigenvalue weighted by Crippen LogP contribution is -2.17. The van der Waals surface area contributed by atoms with E-state index in [0.29, 0.717) is 22.3 Å². The molecule has 0 fully saturated rings. The maximum absolute atomic E-state index is 6.29. The van der Waals surface area contributed by atoms with Gasteiger partial charge in [0.05, 0.1) is 30.4 Å². The van der Waals surface area contributed by atoms with E-state index in [2.05, 4.69) is 5.32 Å². The Bertz CT molecular complexity index is 712. The van der Waals surface area contributed by atoms with Crippen molar-refractivity contribution in [2.75, 3.05) is 20.8 Å².